The summed E-state index contributed by atoms with van der Waals surface area (Å²) in [5, 5.41) is 7.45. The van der Waals surface area contributed by atoms with Gasteiger partial charge in [-0.25, -0.2) is 0 Å². The van der Waals surface area contributed by atoms with Gasteiger partial charge in [0.25, 0.3) is 0 Å². The van der Waals surface area contributed by atoms with Crippen LogP contribution >= 0.6 is 11.8 Å². The van der Waals surface area contributed by atoms with E-state index in [1.165, 1.54) is 36.1 Å². The second-order valence-electron chi connectivity index (χ2n) is 5.18. The molecule has 1 atom stereocenters. The molecule has 1 aliphatic carbocycles. The summed E-state index contributed by atoms with van der Waals surface area (Å²) in [6.07, 6.45) is 3.76. The van der Waals surface area contributed by atoms with Crippen LogP contribution in [0.25, 0.3) is 0 Å². The van der Waals surface area contributed by atoms with Gasteiger partial charge in [-0.1, -0.05) is 24.3 Å². The van der Waals surface area contributed by atoms with Crippen LogP contribution < -0.4 is 10.6 Å². The van der Waals surface area contributed by atoms with E-state index in [4.69, 9.17) is 0 Å². The Balaban J connectivity index is 1.61. The Kier molecular flexibility index (Phi) is 3.97. The van der Waals surface area contributed by atoms with E-state index in [9.17, 15) is 0 Å². The lowest BCUT2D eigenvalue weighted by Crippen LogP contribution is -2.40. The molecule has 3 rings (SSSR count). The predicted octanol–water partition coefficient (Wildman–Crippen LogP) is 2.34. The third-order valence-corrected chi connectivity index (χ3v) is 4.95. The van der Waals surface area contributed by atoms with Gasteiger partial charge in [0.15, 0.2) is 5.96 Å². The maximum Gasteiger partial charge on any atom is 0.191 e. The molecule has 4 heteroatoms. The Bertz CT molecular complexity index is 468. The maximum absolute atomic E-state index is 4.29. The lowest BCUT2D eigenvalue weighted by molar-refractivity contribution is 0.773. The first kappa shape index (κ1) is 12.9. The topological polar surface area (TPSA) is 36.4 Å². The van der Waals surface area contributed by atoms with Gasteiger partial charge in [0.2, 0.25) is 0 Å². The number of aryl methyl sites for hydroxylation is 1. The number of benzene rings is 1. The summed E-state index contributed by atoms with van der Waals surface area (Å²) >= 11 is 2.05. The van der Waals surface area contributed by atoms with Crippen LogP contribution in [0.1, 0.15) is 29.2 Å². The molecule has 1 saturated carbocycles. The molecule has 1 unspecified atom stereocenters. The number of hydrogen-bond acceptors (Lipinski definition) is 2. The summed E-state index contributed by atoms with van der Waals surface area (Å²) < 4.78 is 0. The van der Waals surface area contributed by atoms with Gasteiger partial charge in [-0.3, -0.25) is 4.99 Å². The zero-order chi connectivity index (χ0) is 13.1. The Morgan fingerprint density at radius 1 is 1.37 bits per heavy atom. The van der Waals surface area contributed by atoms with Crippen molar-refractivity contribution in [3.05, 3.63) is 35.4 Å². The molecule has 0 spiro atoms. The Labute approximate surface area is 119 Å². The van der Waals surface area contributed by atoms with Crippen LogP contribution in [0, 0.1) is 0 Å². The predicted molar refractivity (Wildman–Crippen MR) is 82.9 cm³/mol. The summed E-state index contributed by atoms with van der Waals surface area (Å²) in [7, 11) is 1.85. The second kappa shape index (κ2) is 5.87. The molecular formula is C15H21N3S. The quantitative estimate of drug-likeness (QED) is 0.657. The van der Waals surface area contributed by atoms with Gasteiger partial charge in [0, 0.05) is 24.9 Å². The van der Waals surface area contributed by atoms with E-state index in [0.29, 0.717) is 11.3 Å². The molecule has 1 aliphatic heterocycles. The summed E-state index contributed by atoms with van der Waals surface area (Å²) in [4.78, 5) is 4.29. The van der Waals surface area contributed by atoms with Crippen molar-refractivity contribution in [2.45, 2.75) is 30.6 Å². The molecule has 0 amide bonds. The van der Waals surface area contributed by atoms with Crippen LogP contribution in [0.2, 0.25) is 0 Å². The minimum Gasteiger partial charge on any atom is -0.355 e. The molecule has 1 aromatic carbocycles. The number of thioether (sulfide) groups is 1. The highest BCUT2D eigenvalue weighted by molar-refractivity contribution is 7.99. The fourth-order valence-electron chi connectivity index (χ4n) is 2.45. The Morgan fingerprint density at radius 2 is 2.21 bits per heavy atom. The molecule has 2 N–H and O–H groups in total. The average Bonchev–Trinajstić information content (AvgIpc) is 3.27. The molecule has 102 valence electrons. The third-order valence-electron chi connectivity index (χ3n) is 3.69. The summed E-state index contributed by atoms with van der Waals surface area (Å²) in [5.41, 5.74) is 3.01. The molecular weight excluding hydrogens is 254 g/mol. The third kappa shape index (κ3) is 3.24. The van der Waals surface area contributed by atoms with Crippen molar-refractivity contribution < 1.29 is 0 Å². The van der Waals surface area contributed by atoms with Crippen LogP contribution in [-0.4, -0.2) is 31.3 Å². The first-order valence-corrected chi connectivity index (χ1v) is 8.08. The van der Waals surface area contributed by atoms with Crippen molar-refractivity contribution in [2.24, 2.45) is 4.99 Å². The van der Waals surface area contributed by atoms with Crippen molar-refractivity contribution in [1.29, 1.82) is 0 Å². The van der Waals surface area contributed by atoms with Crippen LogP contribution in [0.4, 0.5) is 0 Å². The minimum absolute atomic E-state index is 0.544. The zero-order valence-corrected chi connectivity index (χ0v) is 12.2. The van der Waals surface area contributed by atoms with E-state index in [-0.39, 0.29) is 0 Å². The smallest absolute Gasteiger partial charge is 0.191 e. The fraction of sp³-hybridized carbons (Fsp3) is 0.533. The molecule has 2 aliphatic rings. The molecule has 3 nitrogen and oxygen atoms in total. The highest BCUT2D eigenvalue weighted by Gasteiger charge is 2.24. The number of nitrogens with zero attached hydrogens (tertiary/aromatic N) is 1. The Hall–Kier alpha value is -1.16. The highest BCUT2D eigenvalue weighted by Crippen LogP contribution is 2.35. The monoisotopic (exact) mass is 275 g/mol. The summed E-state index contributed by atoms with van der Waals surface area (Å²) in [5.74, 6) is 2.17. The number of hydrogen-bond donors (Lipinski definition) is 2. The average molecular weight is 275 g/mol. The van der Waals surface area contributed by atoms with Crippen molar-refractivity contribution in [1.82, 2.24) is 10.6 Å². The van der Waals surface area contributed by atoms with E-state index >= 15 is 0 Å². The maximum atomic E-state index is 4.29. The van der Waals surface area contributed by atoms with Crippen LogP contribution in [-0.2, 0) is 6.42 Å². The van der Waals surface area contributed by atoms with Crippen molar-refractivity contribution in [2.75, 3.05) is 19.3 Å². The van der Waals surface area contributed by atoms with E-state index in [2.05, 4.69) is 39.9 Å². The van der Waals surface area contributed by atoms with Crippen LogP contribution in [0.15, 0.2) is 29.3 Å². The van der Waals surface area contributed by atoms with Gasteiger partial charge < -0.3 is 10.6 Å². The van der Waals surface area contributed by atoms with Gasteiger partial charge in [0.1, 0.15) is 0 Å². The normalized spacial score (nSPS) is 22.8. The standard InChI is InChI=1S/C15H21N3S/c1-16-15(18-12-6-7-12)17-10-14-13-5-3-2-4-11(13)8-9-19-14/h2-5,12,14H,6-10H2,1H3,(H2,16,17,18). The number of rotatable bonds is 3. The SMILES string of the molecule is CN=C(NCC1SCCc2ccccc21)NC1CC1. The highest BCUT2D eigenvalue weighted by atomic mass is 32.2. The minimum atomic E-state index is 0.544. The van der Waals surface area contributed by atoms with Crippen molar-refractivity contribution in [3.63, 3.8) is 0 Å². The molecule has 0 saturated heterocycles. The number of nitrogens with one attached hydrogen (secondary N) is 2. The second-order valence-corrected chi connectivity index (χ2v) is 6.49. The van der Waals surface area contributed by atoms with Crippen LogP contribution in [0.5, 0.6) is 0 Å². The lowest BCUT2D eigenvalue weighted by Gasteiger charge is -2.26. The van der Waals surface area contributed by atoms with E-state index < -0.39 is 0 Å². The molecule has 0 radical (unpaired) electrons. The van der Waals surface area contributed by atoms with Crippen LogP contribution in [0.3, 0.4) is 0 Å². The van der Waals surface area contributed by atoms with E-state index in [0.717, 1.165) is 12.5 Å². The summed E-state index contributed by atoms with van der Waals surface area (Å²) in [6, 6.07) is 9.48. The number of fused-ring (bicyclic) bond motifs is 1. The Morgan fingerprint density at radius 3 is 3.00 bits per heavy atom. The molecule has 1 heterocycles. The number of guanidine groups is 1. The molecule has 1 fully saturated rings. The van der Waals surface area contributed by atoms with Gasteiger partial charge in [-0.2, -0.15) is 11.8 Å². The molecule has 0 aromatic heterocycles. The largest absolute Gasteiger partial charge is 0.355 e. The van der Waals surface area contributed by atoms with E-state index in [1.807, 2.05) is 18.8 Å². The van der Waals surface area contributed by atoms with E-state index in [1.54, 1.807) is 0 Å². The first-order chi connectivity index (χ1) is 9.36. The molecule has 1 aromatic rings. The van der Waals surface area contributed by atoms with Gasteiger partial charge in [-0.05, 0) is 36.1 Å². The summed E-state index contributed by atoms with van der Waals surface area (Å²) in [6.45, 7) is 0.952. The van der Waals surface area contributed by atoms with Crippen molar-refractivity contribution in [3.8, 4) is 0 Å². The van der Waals surface area contributed by atoms with Crippen molar-refractivity contribution >= 4 is 17.7 Å². The molecule has 19 heavy (non-hydrogen) atoms. The van der Waals surface area contributed by atoms with Gasteiger partial charge in [0.05, 0.1) is 0 Å². The number of aliphatic imine (C=N–C) groups is 1. The first-order valence-electron chi connectivity index (χ1n) is 7.03. The fourth-order valence-corrected chi connectivity index (χ4v) is 3.68. The van der Waals surface area contributed by atoms with Gasteiger partial charge >= 0.3 is 0 Å². The lowest BCUT2D eigenvalue weighted by atomic mass is 10.0. The van der Waals surface area contributed by atoms with Gasteiger partial charge in [-0.15, -0.1) is 0 Å². The molecule has 0 bridgehead atoms. The zero-order valence-electron chi connectivity index (χ0n) is 11.4.